The van der Waals surface area contributed by atoms with E-state index in [1.165, 1.54) is 12.1 Å². The first-order chi connectivity index (χ1) is 14.2. The maximum atomic E-state index is 13.6. The molecule has 4 rings (SSSR count). The average Bonchev–Trinajstić information content (AvgIpc) is 2.78. The summed E-state index contributed by atoms with van der Waals surface area (Å²) in [5.74, 6) is 0.313. The van der Waals surface area contributed by atoms with Crippen LogP contribution in [-0.2, 0) is 0 Å². The van der Waals surface area contributed by atoms with Crippen LogP contribution in [0.25, 0.3) is 10.8 Å². The Balaban J connectivity index is 1.76. The highest BCUT2D eigenvalue weighted by Crippen LogP contribution is 2.28. The molecule has 0 spiro atoms. The van der Waals surface area contributed by atoms with Crippen molar-refractivity contribution < 1.29 is 13.9 Å². The van der Waals surface area contributed by atoms with Gasteiger partial charge in [-0.1, -0.05) is 54.6 Å². The van der Waals surface area contributed by atoms with E-state index < -0.39 is 6.04 Å². The molecule has 144 valence electrons. The molecule has 0 aromatic heterocycles. The van der Waals surface area contributed by atoms with Gasteiger partial charge in [0, 0.05) is 11.3 Å². The number of carbonyl (C=O) groups excluding carboxylic acids is 1. The minimum Gasteiger partial charge on any atom is -0.497 e. The number of anilines is 1. The topological polar surface area (TPSA) is 38.3 Å². The Morgan fingerprint density at radius 2 is 1.55 bits per heavy atom. The van der Waals surface area contributed by atoms with Crippen molar-refractivity contribution >= 4 is 22.2 Å². The van der Waals surface area contributed by atoms with Crippen molar-refractivity contribution in [3.05, 3.63) is 108 Å². The molecule has 0 aliphatic rings. The molecule has 0 radical (unpaired) electrons. The van der Waals surface area contributed by atoms with E-state index in [0.29, 0.717) is 11.1 Å². The van der Waals surface area contributed by atoms with E-state index in [1.54, 1.807) is 19.2 Å². The summed E-state index contributed by atoms with van der Waals surface area (Å²) in [5, 5.41) is 5.19. The van der Waals surface area contributed by atoms with Crippen LogP contribution < -0.4 is 10.1 Å². The number of Topliss-reactive ketones (excluding diaryl/α,β-unsaturated/α-hetero) is 1. The lowest BCUT2D eigenvalue weighted by Gasteiger charge is -2.20. The summed E-state index contributed by atoms with van der Waals surface area (Å²) in [6, 6.07) is 26.2. The maximum absolute atomic E-state index is 13.6. The highest BCUT2D eigenvalue weighted by molar-refractivity contribution is 6.11. The minimum absolute atomic E-state index is 0.0794. The number of halogens is 1. The number of hydrogen-bond acceptors (Lipinski definition) is 3. The van der Waals surface area contributed by atoms with Gasteiger partial charge in [-0.05, 0) is 52.7 Å². The first-order valence-electron chi connectivity index (χ1n) is 9.34. The zero-order valence-corrected chi connectivity index (χ0v) is 15.9. The van der Waals surface area contributed by atoms with Gasteiger partial charge >= 0.3 is 0 Å². The van der Waals surface area contributed by atoms with Crippen molar-refractivity contribution in [2.24, 2.45) is 0 Å². The van der Waals surface area contributed by atoms with Gasteiger partial charge in [-0.3, -0.25) is 4.79 Å². The number of ether oxygens (including phenoxy) is 1. The molecule has 0 amide bonds. The largest absolute Gasteiger partial charge is 0.497 e. The summed E-state index contributed by atoms with van der Waals surface area (Å²) in [5.41, 5.74) is 2.09. The maximum Gasteiger partial charge on any atom is 0.190 e. The van der Waals surface area contributed by atoms with Gasteiger partial charge in [-0.2, -0.15) is 0 Å². The second-order valence-electron chi connectivity index (χ2n) is 6.75. The average molecular weight is 385 g/mol. The fraction of sp³-hybridized carbons (Fsp3) is 0.0800. The molecule has 4 heteroatoms. The third kappa shape index (κ3) is 3.97. The lowest BCUT2D eigenvalue weighted by atomic mass is 9.93. The molecule has 3 nitrogen and oxygen atoms in total. The normalized spacial score (nSPS) is 11.8. The number of ketones is 1. The summed E-state index contributed by atoms with van der Waals surface area (Å²) >= 11 is 0. The molecule has 29 heavy (non-hydrogen) atoms. The third-order valence-corrected chi connectivity index (χ3v) is 4.92. The Morgan fingerprint density at radius 1 is 0.862 bits per heavy atom. The predicted molar refractivity (Wildman–Crippen MR) is 114 cm³/mol. The van der Waals surface area contributed by atoms with E-state index in [2.05, 4.69) is 5.32 Å². The smallest absolute Gasteiger partial charge is 0.190 e. The van der Waals surface area contributed by atoms with Crippen LogP contribution in [-0.4, -0.2) is 12.9 Å². The monoisotopic (exact) mass is 385 g/mol. The second kappa shape index (κ2) is 8.15. The van der Waals surface area contributed by atoms with Gasteiger partial charge in [0.05, 0.1) is 7.11 Å². The van der Waals surface area contributed by atoms with Crippen LogP contribution in [0.15, 0.2) is 91.0 Å². The van der Waals surface area contributed by atoms with Crippen molar-refractivity contribution in [3.63, 3.8) is 0 Å². The highest BCUT2D eigenvalue weighted by atomic mass is 19.1. The van der Waals surface area contributed by atoms with Gasteiger partial charge < -0.3 is 10.1 Å². The quantitative estimate of drug-likeness (QED) is 0.412. The number of methoxy groups -OCH3 is 1. The number of fused-ring (bicyclic) bond motifs is 1. The molecular weight excluding hydrogens is 365 g/mol. The van der Waals surface area contributed by atoms with Crippen molar-refractivity contribution in [1.82, 2.24) is 0 Å². The molecule has 0 saturated carbocycles. The van der Waals surface area contributed by atoms with Crippen molar-refractivity contribution in [1.29, 1.82) is 0 Å². The molecule has 1 atom stereocenters. The van der Waals surface area contributed by atoms with Crippen LogP contribution in [0, 0.1) is 5.82 Å². The first-order valence-corrected chi connectivity index (χ1v) is 9.34. The van der Waals surface area contributed by atoms with Crippen LogP contribution >= 0.6 is 0 Å². The second-order valence-corrected chi connectivity index (χ2v) is 6.75. The zero-order chi connectivity index (χ0) is 20.2. The molecule has 0 bridgehead atoms. The molecule has 0 heterocycles. The number of rotatable bonds is 6. The molecule has 0 saturated heterocycles. The van der Waals surface area contributed by atoms with E-state index in [4.69, 9.17) is 4.74 Å². The fourth-order valence-electron chi connectivity index (χ4n) is 3.41. The Hall–Kier alpha value is -3.66. The number of nitrogens with one attached hydrogen (secondary N) is 1. The number of hydrogen-bond donors (Lipinski definition) is 1. The van der Waals surface area contributed by atoms with Crippen LogP contribution in [0.5, 0.6) is 5.75 Å². The van der Waals surface area contributed by atoms with Crippen LogP contribution in [0.2, 0.25) is 0 Å². The summed E-state index contributed by atoms with van der Waals surface area (Å²) in [7, 11) is 1.60. The van der Waals surface area contributed by atoms with Gasteiger partial charge in [0.2, 0.25) is 0 Å². The number of benzene rings is 4. The molecule has 0 fully saturated rings. The SMILES string of the molecule is COc1ccc(N[C@H](C(=O)c2cccc3ccccc23)c2ccc(F)cc2)cc1. The van der Waals surface area contributed by atoms with Crippen molar-refractivity contribution in [3.8, 4) is 5.75 Å². The highest BCUT2D eigenvalue weighted by Gasteiger charge is 2.23. The lowest BCUT2D eigenvalue weighted by Crippen LogP contribution is -2.21. The third-order valence-electron chi connectivity index (χ3n) is 4.92. The summed E-state index contributed by atoms with van der Waals surface area (Å²) in [6.45, 7) is 0. The van der Waals surface area contributed by atoms with Crippen LogP contribution in [0.1, 0.15) is 22.0 Å². The van der Waals surface area contributed by atoms with E-state index in [-0.39, 0.29) is 11.6 Å². The number of carbonyl (C=O) groups is 1. The van der Waals surface area contributed by atoms with Gasteiger partial charge in [-0.25, -0.2) is 4.39 Å². The fourth-order valence-corrected chi connectivity index (χ4v) is 3.41. The molecule has 4 aromatic rings. The van der Waals surface area contributed by atoms with Crippen LogP contribution in [0.4, 0.5) is 10.1 Å². The first kappa shape index (κ1) is 18.7. The van der Waals surface area contributed by atoms with E-state index in [9.17, 15) is 9.18 Å². The molecule has 0 aliphatic heterocycles. The molecule has 4 aromatic carbocycles. The van der Waals surface area contributed by atoms with Gasteiger partial charge in [0.15, 0.2) is 5.78 Å². The van der Waals surface area contributed by atoms with Gasteiger partial charge in [0.25, 0.3) is 0 Å². The molecule has 0 unspecified atom stereocenters. The Labute approximate surface area is 168 Å². The van der Waals surface area contributed by atoms with Crippen LogP contribution in [0.3, 0.4) is 0 Å². The van der Waals surface area contributed by atoms with Gasteiger partial charge in [-0.15, -0.1) is 0 Å². The molecule has 0 aliphatic carbocycles. The van der Waals surface area contributed by atoms with Crippen molar-refractivity contribution in [2.75, 3.05) is 12.4 Å². The van der Waals surface area contributed by atoms with E-state index in [1.807, 2.05) is 66.7 Å². The summed E-state index contributed by atoms with van der Waals surface area (Å²) in [4.78, 5) is 13.6. The standard InChI is InChI=1S/C25H20FNO2/c1-29-21-15-13-20(14-16-21)27-24(18-9-11-19(26)12-10-18)25(28)23-8-4-6-17-5-2-3-7-22(17)23/h2-16,24,27H,1H3/t24-/m0/s1. The Kier molecular flexibility index (Phi) is 5.25. The Bertz CT molecular complexity index is 1130. The lowest BCUT2D eigenvalue weighted by molar-refractivity contribution is 0.0971. The zero-order valence-electron chi connectivity index (χ0n) is 15.9. The summed E-state index contributed by atoms with van der Waals surface area (Å²) in [6.07, 6.45) is 0. The molecule has 1 N–H and O–H groups in total. The predicted octanol–water partition coefficient (Wildman–Crippen LogP) is 6.02. The van der Waals surface area contributed by atoms with Gasteiger partial charge in [0.1, 0.15) is 17.6 Å². The Morgan fingerprint density at radius 3 is 2.28 bits per heavy atom. The van der Waals surface area contributed by atoms with Crippen molar-refractivity contribution in [2.45, 2.75) is 6.04 Å². The van der Waals surface area contributed by atoms with E-state index >= 15 is 0 Å². The summed E-state index contributed by atoms with van der Waals surface area (Å²) < 4.78 is 18.7. The molecular formula is C25H20FNO2. The minimum atomic E-state index is -0.658. The van der Waals surface area contributed by atoms with E-state index in [0.717, 1.165) is 22.2 Å².